The zero-order valence-corrected chi connectivity index (χ0v) is 6.51. The van der Waals surface area contributed by atoms with Crippen LogP contribution in [0.25, 0.3) is 0 Å². The van der Waals surface area contributed by atoms with Crippen LogP contribution in [0.4, 0.5) is 0 Å². The minimum atomic E-state index is 0.285. The van der Waals surface area contributed by atoms with Crippen LogP contribution in [0.2, 0.25) is 0 Å². The van der Waals surface area contributed by atoms with Crippen LogP contribution in [-0.2, 0) is 0 Å². The van der Waals surface area contributed by atoms with Gasteiger partial charge in [-0.15, -0.1) is 0 Å². The highest BCUT2D eigenvalue weighted by Gasteiger charge is 2.18. The van der Waals surface area contributed by atoms with Gasteiger partial charge in [0, 0.05) is 25.6 Å². The van der Waals surface area contributed by atoms with Gasteiger partial charge in [-0.3, -0.25) is 0 Å². The fraction of sp³-hybridized carbons (Fsp3) is 0.556. The Labute approximate surface area is 66.6 Å². The molecule has 2 aliphatic rings. The maximum Gasteiger partial charge on any atom is 0.0497 e. The first kappa shape index (κ1) is 7.07. The normalized spacial score (nSPS) is 29.4. The third-order valence-corrected chi connectivity index (χ3v) is 2.42. The second-order valence-corrected chi connectivity index (χ2v) is 3.24. The molecule has 0 aromatic rings. The summed E-state index contributed by atoms with van der Waals surface area (Å²) in [5.74, 6) is 0.369. The predicted octanol–water partition coefficient (Wildman–Crippen LogP) is 0.455. The zero-order chi connectivity index (χ0) is 7.68. The van der Waals surface area contributed by atoms with Crippen molar-refractivity contribution in [3.05, 3.63) is 23.3 Å². The lowest BCUT2D eigenvalue weighted by Gasteiger charge is -2.15. The quantitative estimate of drug-likeness (QED) is 0.570. The molecule has 11 heavy (non-hydrogen) atoms. The second kappa shape index (κ2) is 2.80. The van der Waals surface area contributed by atoms with Crippen LogP contribution < -0.4 is 5.32 Å². The van der Waals surface area contributed by atoms with Crippen molar-refractivity contribution >= 4 is 0 Å². The molecule has 2 N–H and O–H groups in total. The molecule has 0 bridgehead atoms. The maximum absolute atomic E-state index is 8.92. The molecule has 0 spiro atoms. The van der Waals surface area contributed by atoms with Gasteiger partial charge in [0.05, 0.1) is 0 Å². The molecule has 0 saturated carbocycles. The molecule has 1 aliphatic heterocycles. The lowest BCUT2D eigenvalue weighted by molar-refractivity contribution is 0.251. The monoisotopic (exact) mass is 151 g/mol. The van der Waals surface area contributed by atoms with Crippen LogP contribution in [0.15, 0.2) is 23.3 Å². The number of rotatable bonds is 1. The molecule has 0 radical (unpaired) electrons. The summed E-state index contributed by atoms with van der Waals surface area (Å²) in [4.78, 5) is 0. The molecule has 60 valence electrons. The van der Waals surface area contributed by atoms with Crippen LogP contribution in [0.5, 0.6) is 0 Å². The molecular formula is C9H13NO. The van der Waals surface area contributed by atoms with E-state index in [9.17, 15) is 0 Å². The first-order valence-corrected chi connectivity index (χ1v) is 4.11. The molecule has 1 aliphatic carbocycles. The Bertz CT molecular complexity index is 218. The van der Waals surface area contributed by atoms with E-state index in [1.54, 1.807) is 0 Å². The lowest BCUT2D eigenvalue weighted by atomic mass is 9.92. The van der Waals surface area contributed by atoms with Gasteiger partial charge in [0.15, 0.2) is 0 Å². The van der Waals surface area contributed by atoms with E-state index in [0.29, 0.717) is 5.92 Å². The second-order valence-electron chi connectivity index (χ2n) is 3.24. The van der Waals surface area contributed by atoms with Crippen molar-refractivity contribution in [3.8, 4) is 0 Å². The summed E-state index contributed by atoms with van der Waals surface area (Å²) in [6, 6.07) is 0. The number of hydrogen-bond acceptors (Lipinski definition) is 2. The highest BCUT2D eigenvalue weighted by Crippen LogP contribution is 2.25. The van der Waals surface area contributed by atoms with Crippen molar-refractivity contribution in [3.63, 3.8) is 0 Å². The minimum Gasteiger partial charge on any atom is -0.396 e. The molecule has 0 amide bonds. The molecule has 2 rings (SSSR count). The molecule has 1 unspecified atom stereocenters. The lowest BCUT2D eigenvalue weighted by Crippen LogP contribution is -2.10. The van der Waals surface area contributed by atoms with Gasteiger partial charge in [-0.2, -0.15) is 0 Å². The van der Waals surface area contributed by atoms with E-state index < -0.39 is 0 Å². The third-order valence-electron chi connectivity index (χ3n) is 2.42. The summed E-state index contributed by atoms with van der Waals surface area (Å²) >= 11 is 0. The molecule has 1 atom stereocenters. The Morgan fingerprint density at radius 1 is 1.55 bits per heavy atom. The average molecular weight is 151 g/mol. The van der Waals surface area contributed by atoms with E-state index in [-0.39, 0.29) is 6.61 Å². The van der Waals surface area contributed by atoms with Gasteiger partial charge in [-0.05, 0) is 12.0 Å². The van der Waals surface area contributed by atoms with Gasteiger partial charge >= 0.3 is 0 Å². The number of aliphatic hydroxyl groups is 1. The Kier molecular flexibility index (Phi) is 1.80. The summed E-state index contributed by atoms with van der Waals surface area (Å²) in [7, 11) is 0. The van der Waals surface area contributed by atoms with Crippen LogP contribution >= 0.6 is 0 Å². The van der Waals surface area contributed by atoms with Crippen LogP contribution in [0.1, 0.15) is 6.42 Å². The predicted molar refractivity (Wildman–Crippen MR) is 44.2 cm³/mol. The average Bonchev–Trinajstić information content (AvgIpc) is 2.50. The third kappa shape index (κ3) is 1.24. The number of nitrogens with one attached hydrogen (secondary N) is 1. The molecule has 2 heteroatoms. The van der Waals surface area contributed by atoms with Gasteiger partial charge in [0.2, 0.25) is 0 Å². The molecule has 0 fully saturated rings. The molecule has 1 heterocycles. The van der Waals surface area contributed by atoms with E-state index in [2.05, 4.69) is 17.5 Å². The summed E-state index contributed by atoms with van der Waals surface area (Å²) in [5, 5.41) is 12.2. The van der Waals surface area contributed by atoms with Crippen LogP contribution in [0.3, 0.4) is 0 Å². The van der Waals surface area contributed by atoms with Gasteiger partial charge in [0.1, 0.15) is 0 Å². The standard InChI is InChI=1S/C9H13NO/c11-6-7-1-2-8-4-10-5-9(8)3-7/h1-2,7,10-11H,3-6H2. The fourth-order valence-electron chi connectivity index (χ4n) is 1.73. The van der Waals surface area contributed by atoms with Crippen LogP contribution in [-0.4, -0.2) is 24.8 Å². The summed E-state index contributed by atoms with van der Waals surface area (Å²) in [6.07, 6.45) is 5.32. The van der Waals surface area contributed by atoms with Crippen molar-refractivity contribution in [2.45, 2.75) is 6.42 Å². The van der Waals surface area contributed by atoms with Crippen molar-refractivity contribution in [1.29, 1.82) is 0 Å². The van der Waals surface area contributed by atoms with E-state index in [1.807, 2.05) is 0 Å². The van der Waals surface area contributed by atoms with Crippen molar-refractivity contribution in [1.82, 2.24) is 5.32 Å². The smallest absolute Gasteiger partial charge is 0.0497 e. The Morgan fingerprint density at radius 2 is 2.45 bits per heavy atom. The molecule has 2 nitrogen and oxygen atoms in total. The van der Waals surface area contributed by atoms with Crippen LogP contribution in [0, 0.1) is 5.92 Å². The van der Waals surface area contributed by atoms with Gasteiger partial charge in [-0.1, -0.05) is 17.7 Å². The molecular weight excluding hydrogens is 138 g/mol. The molecule has 0 aromatic heterocycles. The van der Waals surface area contributed by atoms with E-state index in [4.69, 9.17) is 5.11 Å². The number of aliphatic hydroxyl groups excluding tert-OH is 1. The molecule has 0 saturated heterocycles. The van der Waals surface area contributed by atoms with E-state index >= 15 is 0 Å². The SMILES string of the molecule is OCC1C=CC2=C(CNC2)C1. The first-order valence-electron chi connectivity index (χ1n) is 4.11. The van der Waals surface area contributed by atoms with Crippen molar-refractivity contribution < 1.29 is 5.11 Å². The fourth-order valence-corrected chi connectivity index (χ4v) is 1.73. The van der Waals surface area contributed by atoms with E-state index in [1.165, 1.54) is 11.1 Å². The maximum atomic E-state index is 8.92. The number of hydrogen-bond donors (Lipinski definition) is 2. The zero-order valence-electron chi connectivity index (χ0n) is 6.51. The summed E-state index contributed by atoms with van der Waals surface area (Å²) in [5.41, 5.74) is 2.93. The Morgan fingerprint density at radius 3 is 3.27 bits per heavy atom. The highest BCUT2D eigenvalue weighted by atomic mass is 16.3. The highest BCUT2D eigenvalue weighted by molar-refractivity contribution is 5.36. The minimum absolute atomic E-state index is 0.285. The summed E-state index contributed by atoms with van der Waals surface area (Å²) in [6.45, 7) is 2.33. The Hall–Kier alpha value is -0.600. The van der Waals surface area contributed by atoms with Crippen molar-refractivity contribution in [2.75, 3.05) is 19.7 Å². The molecule has 0 aromatic carbocycles. The first-order chi connectivity index (χ1) is 5.40. The van der Waals surface area contributed by atoms with Crippen molar-refractivity contribution in [2.24, 2.45) is 5.92 Å². The van der Waals surface area contributed by atoms with Gasteiger partial charge in [0.25, 0.3) is 0 Å². The van der Waals surface area contributed by atoms with Gasteiger partial charge < -0.3 is 10.4 Å². The largest absolute Gasteiger partial charge is 0.396 e. The summed E-state index contributed by atoms with van der Waals surface area (Å²) < 4.78 is 0. The topological polar surface area (TPSA) is 32.3 Å². The van der Waals surface area contributed by atoms with E-state index in [0.717, 1.165) is 19.5 Å². The Balaban J connectivity index is 2.12. The van der Waals surface area contributed by atoms with Gasteiger partial charge in [-0.25, -0.2) is 0 Å².